The van der Waals surface area contributed by atoms with Gasteiger partial charge in [0.2, 0.25) is 0 Å². The van der Waals surface area contributed by atoms with Gasteiger partial charge in [0.15, 0.2) is 0 Å². The van der Waals surface area contributed by atoms with E-state index in [4.69, 9.17) is 4.74 Å². The number of rotatable bonds is 7. The fraction of sp³-hybridized carbons (Fsp3) is 0.538. The number of aromatic nitrogens is 1. The minimum atomic E-state index is -1.15. The standard InChI is InChI=1S/C26H34FN3O3/c1-26(2,27)18-29-12-9-19(10-13-29)17-33-23-7-8-24(28-15-23)20-3-5-21(6-4-20)25(32)30-14-11-22(31)16-30/h3-8,15,19,22,31H,9-14,16-18H2,1-2H3/t22-/m0/s1. The lowest BCUT2D eigenvalue weighted by Crippen LogP contribution is -2.41. The summed E-state index contributed by atoms with van der Waals surface area (Å²) in [6.45, 7) is 7.22. The van der Waals surface area contributed by atoms with Crippen LogP contribution in [0.1, 0.15) is 43.5 Å². The number of pyridine rings is 1. The molecule has 2 saturated heterocycles. The molecule has 2 aromatic rings. The molecule has 178 valence electrons. The van der Waals surface area contributed by atoms with Crippen LogP contribution in [0.3, 0.4) is 0 Å². The molecule has 1 amide bonds. The Hall–Kier alpha value is -2.51. The van der Waals surface area contributed by atoms with E-state index in [2.05, 4.69) is 9.88 Å². The second-order valence-electron chi connectivity index (χ2n) is 9.90. The number of hydrogen-bond donors (Lipinski definition) is 1. The second-order valence-corrected chi connectivity index (χ2v) is 9.90. The molecule has 2 aliphatic heterocycles. The van der Waals surface area contributed by atoms with Gasteiger partial charge < -0.3 is 19.6 Å². The minimum absolute atomic E-state index is 0.0472. The van der Waals surface area contributed by atoms with E-state index in [0.29, 0.717) is 44.1 Å². The summed E-state index contributed by atoms with van der Waals surface area (Å²) >= 11 is 0. The Labute approximate surface area is 195 Å². The van der Waals surface area contributed by atoms with Gasteiger partial charge in [0.25, 0.3) is 5.91 Å². The molecule has 3 heterocycles. The van der Waals surface area contributed by atoms with Crippen LogP contribution >= 0.6 is 0 Å². The van der Waals surface area contributed by atoms with Gasteiger partial charge in [0, 0.05) is 30.8 Å². The molecular formula is C26H34FN3O3. The molecule has 33 heavy (non-hydrogen) atoms. The van der Waals surface area contributed by atoms with Gasteiger partial charge in [-0.25, -0.2) is 4.39 Å². The molecule has 1 aromatic carbocycles. The highest BCUT2D eigenvalue weighted by atomic mass is 19.1. The van der Waals surface area contributed by atoms with Gasteiger partial charge in [0.05, 0.1) is 24.6 Å². The average Bonchev–Trinajstić information content (AvgIpc) is 3.24. The Morgan fingerprint density at radius 3 is 2.42 bits per heavy atom. The van der Waals surface area contributed by atoms with E-state index in [1.54, 1.807) is 24.9 Å². The Bertz CT molecular complexity index is 919. The van der Waals surface area contributed by atoms with Crippen molar-refractivity contribution in [3.05, 3.63) is 48.2 Å². The third-order valence-corrected chi connectivity index (χ3v) is 6.41. The van der Waals surface area contributed by atoms with Gasteiger partial charge in [0.1, 0.15) is 11.4 Å². The van der Waals surface area contributed by atoms with Crippen LogP contribution in [0.25, 0.3) is 11.3 Å². The summed E-state index contributed by atoms with van der Waals surface area (Å²) in [6, 6.07) is 11.3. The quantitative estimate of drug-likeness (QED) is 0.688. The van der Waals surface area contributed by atoms with Gasteiger partial charge in [-0.1, -0.05) is 12.1 Å². The molecule has 0 bridgehead atoms. The molecule has 0 saturated carbocycles. The number of halogens is 1. The predicted molar refractivity (Wildman–Crippen MR) is 126 cm³/mol. The molecule has 0 spiro atoms. The van der Waals surface area contributed by atoms with Crippen molar-refractivity contribution in [2.24, 2.45) is 5.92 Å². The van der Waals surface area contributed by atoms with Gasteiger partial charge in [-0.2, -0.15) is 0 Å². The molecule has 7 heteroatoms. The first-order valence-corrected chi connectivity index (χ1v) is 11.8. The zero-order valence-electron chi connectivity index (χ0n) is 19.5. The predicted octanol–water partition coefficient (Wildman–Crippen LogP) is 3.79. The van der Waals surface area contributed by atoms with E-state index < -0.39 is 11.8 Å². The van der Waals surface area contributed by atoms with Crippen LogP contribution in [0.4, 0.5) is 4.39 Å². The maximum Gasteiger partial charge on any atom is 0.253 e. The van der Waals surface area contributed by atoms with E-state index >= 15 is 0 Å². The number of ether oxygens (including phenoxy) is 1. The number of β-amino-alcohol motifs (C(OH)–C–C–N with tert-alkyl or cyclic N) is 1. The summed E-state index contributed by atoms with van der Waals surface area (Å²) in [5, 5.41) is 9.64. The first-order chi connectivity index (χ1) is 15.8. The summed E-state index contributed by atoms with van der Waals surface area (Å²) in [7, 11) is 0. The number of benzene rings is 1. The Kier molecular flexibility index (Phi) is 7.29. The number of alkyl halides is 1. The molecule has 4 rings (SSSR count). The van der Waals surface area contributed by atoms with Crippen LogP contribution in [0.15, 0.2) is 42.6 Å². The van der Waals surface area contributed by atoms with Gasteiger partial charge in [-0.3, -0.25) is 9.78 Å². The number of aliphatic hydroxyl groups excluding tert-OH is 1. The Balaban J connectivity index is 1.26. The monoisotopic (exact) mass is 455 g/mol. The van der Waals surface area contributed by atoms with Crippen LogP contribution in [0.2, 0.25) is 0 Å². The highest BCUT2D eigenvalue weighted by Gasteiger charge is 2.26. The molecule has 2 fully saturated rings. The van der Waals surface area contributed by atoms with Crippen LogP contribution in [-0.2, 0) is 0 Å². The van der Waals surface area contributed by atoms with Crippen LogP contribution in [0.5, 0.6) is 5.75 Å². The summed E-state index contributed by atoms with van der Waals surface area (Å²) < 4.78 is 19.8. The summed E-state index contributed by atoms with van der Waals surface area (Å²) in [5.74, 6) is 1.17. The smallest absolute Gasteiger partial charge is 0.253 e. The van der Waals surface area contributed by atoms with Crippen molar-refractivity contribution in [1.82, 2.24) is 14.8 Å². The number of amides is 1. The largest absolute Gasteiger partial charge is 0.492 e. The fourth-order valence-electron chi connectivity index (χ4n) is 4.59. The molecule has 1 N–H and O–H groups in total. The number of likely N-dealkylation sites (tertiary alicyclic amines) is 2. The zero-order valence-corrected chi connectivity index (χ0v) is 19.5. The molecule has 0 radical (unpaired) electrons. The maximum absolute atomic E-state index is 13.8. The van der Waals surface area contributed by atoms with Gasteiger partial charge in [-0.05, 0) is 76.4 Å². The normalized spacial score (nSPS) is 20.2. The topological polar surface area (TPSA) is 65.9 Å². The van der Waals surface area contributed by atoms with E-state index in [9.17, 15) is 14.3 Å². The minimum Gasteiger partial charge on any atom is -0.492 e. The maximum atomic E-state index is 13.8. The van der Waals surface area contributed by atoms with Crippen LogP contribution in [-0.4, -0.2) is 76.9 Å². The van der Waals surface area contributed by atoms with Crippen molar-refractivity contribution < 1.29 is 19.0 Å². The zero-order chi connectivity index (χ0) is 23.4. The summed E-state index contributed by atoms with van der Waals surface area (Å²) in [5.41, 5.74) is 1.22. The van der Waals surface area contributed by atoms with E-state index in [1.165, 1.54) is 0 Å². The number of carbonyl (C=O) groups is 1. The van der Waals surface area contributed by atoms with Crippen molar-refractivity contribution in [2.45, 2.75) is 44.9 Å². The molecular weight excluding hydrogens is 421 g/mol. The number of piperidine rings is 1. The lowest BCUT2D eigenvalue weighted by atomic mass is 9.97. The van der Waals surface area contributed by atoms with Crippen molar-refractivity contribution in [2.75, 3.05) is 39.3 Å². The van der Waals surface area contributed by atoms with Crippen LogP contribution < -0.4 is 4.74 Å². The van der Waals surface area contributed by atoms with Crippen molar-refractivity contribution in [3.8, 4) is 17.0 Å². The fourth-order valence-corrected chi connectivity index (χ4v) is 4.59. The second kappa shape index (κ2) is 10.2. The lowest BCUT2D eigenvalue weighted by Gasteiger charge is -2.34. The summed E-state index contributed by atoms with van der Waals surface area (Å²) in [6.07, 6.45) is 3.99. The molecule has 1 aromatic heterocycles. The third-order valence-electron chi connectivity index (χ3n) is 6.41. The highest BCUT2D eigenvalue weighted by molar-refractivity contribution is 5.94. The Morgan fingerprint density at radius 2 is 1.85 bits per heavy atom. The molecule has 0 unspecified atom stereocenters. The highest BCUT2D eigenvalue weighted by Crippen LogP contribution is 2.24. The first kappa shape index (κ1) is 23.6. The van der Waals surface area contributed by atoms with Crippen molar-refractivity contribution in [3.63, 3.8) is 0 Å². The third kappa shape index (κ3) is 6.51. The van der Waals surface area contributed by atoms with E-state index in [1.807, 2.05) is 36.4 Å². The van der Waals surface area contributed by atoms with Crippen molar-refractivity contribution >= 4 is 5.91 Å². The van der Waals surface area contributed by atoms with Gasteiger partial charge >= 0.3 is 0 Å². The SMILES string of the molecule is CC(C)(F)CN1CCC(COc2ccc(-c3ccc(C(=O)N4CC[C@H](O)C4)cc3)nc2)CC1. The van der Waals surface area contributed by atoms with Crippen molar-refractivity contribution in [1.29, 1.82) is 0 Å². The first-order valence-electron chi connectivity index (χ1n) is 11.8. The van der Waals surface area contributed by atoms with Crippen LogP contribution in [0, 0.1) is 5.92 Å². The molecule has 2 aliphatic rings. The lowest BCUT2D eigenvalue weighted by molar-refractivity contribution is 0.0765. The number of nitrogens with zero attached hydrogens (tertiary/aromatic N) is 3. The molecule has 1 atom stereocenters. The Morgan fingerprint density at radius 1 is 1.12 bits per heavy atom. The number of aliphatic hydroxyl groups is 1. The number of carbonyl (C=O) groups excluding carboxylic acids is 1. The molecule has 0 aliphatic carbocycles. The van der Waals surface area contributed by atoms with Gasteiger partial charge in [-0.15, -0.1) is 0 Å². The summed E-state index contributed by atoms with van der Waals surface area (Å²) in [4.78, 5) is 20.9. The van der Waals surface area contributed by atoms with E-state index in [-0.39, 0.29) is 5.91 Å². The molecule has 6 nitrogen and oxygen atoms in total. The average molecular weight is 456 g/mol. The van der Waals surface area contributed by atoms with E-state index in [0.717, 1.165) is 42.9 Å². The number of hydrogen-bond acceptors (Lipinski definition) is 5.